The summed E-state index contributed by atoms with van der Waals surface area (Å²) >= 11 is 0. The van der Waals surface area contributed by atoms with E-state index in [4.69, 9.17) is 9.47 Å². The number of aliphatic carboxylic acids is 2. The average Bonchev–Trinajstić information content (AvgIpc) is 2.89. The molecule has 19 nitrogen and oxygen atoms in total. The van der Waals surface area contributed by atoms with Crippen LogP contribution < -0.4 is 80.0 Å². The number of aliphatic hydroxyl groups excluding tert-OH is 8. The molecule has 0 saturated carbocycles. The summed E-state index contributed by atoms with van der Waals surface area (Å²) in [5, 5.41) is 109. The average molecular weight is 644 g/mol. The molecule has 1 saturated heterocycles. The number of carboxylic acid groups (broad SMARTS) is 2. The van der Waals surface area contributed by atoms with E-state index in [-0.39, 0.29) is 59.1 Å². The number of Topliss-reactive ketones (excluding diaryl/α,β-unsaturated/α-hetero) is 1. The van der Waals surface area contributed by atoms with Gasteiger partial charge in [-0.2, -0.15) is 0 Å². The van der Waals surface area contributed by atoms with Crippen LogP contribution in [0, 0.1) is 0 Å². The molecule has 1 rings (SSSR count). The van der Waals surface area contributed by atoms with Crippen LogP contribution in [0.3, 0.4) is 0 Å². The van der Waals surface area contributed by atoms with E-state index in [2.05, 4.69) is 5.32 Å². The van der Waals surface area contributed by atoms with Crippen LogP contribution in [-0.2, 0) is 33.4 Å². The number of hydrogen-bond acceptors (Lipinski definition) is 17. The first-order valence-corrected chi connectivity index (χ1v) is 12.1. The summed E-state index contributed by atoms with van der Waals surface area (Å²) in [6.07, 6.45) is -19.6. The van der Waals surface area contributed by atoms with Crippen LogP contribution in [0.4, 0.5) is 0 Å². The maximum Gasteiger partial charge on any atom is 1.00 e. The van der Waals surface area contributed by atoms with Gasteiger partial charge in [0.15, 0.2) is 5.78 Å². The third kappa shape index (κ3) is 12.1. The maximum atomic E-state index is 12.2. The monoisotopic (exact) mass is 644 g/mol. The molecule has 236 valence electrons. The Morgan fingerprint density at radius 1 is 0.930 bits per heavy atom. The molecule has 0 aromatic rings. The normalized spacial score (nSPS) is 26.5. The summed E-state index contributed by atoms with van der Waals surface area (Å²) in [5.41, 5.74) is 0. The van der Waals surface area contributed by atoms with Crippen LogP contribution in [0.2, 0.25) is 0 Å². The van der Waals surface area contributed by atoms with Crippen molar-refractivity contribution in [2.24, 2.45) is 0 Å². The van der Waals surface area contributed by atoms with E-state index in [0.717, 1.165) is 13.8 Å². The molecule has 1 aliphatic heterocycles. The van der Waals surface area contributed by atoms with Crippen molar-refractivity contribution in [1.82, 2.24) is 10.6 Å². The van der Waals surface area contributed by atoms with Gasteiger partial charge in [0.1, 0.15) is 48.6 Å². The fourth-order valence-corrected chi connectivity index (χ4v) is 4.18. The van der Waals surface area contributed by atoms with Gasteiger partial charge in [-0.1, -0.05) is 0 Å². The Kier molecular flexibility index (Phi) is 20.2. The Labute approximate surface area is 288 Å². The van der Waals surface area contributed by atoms with Crippen LogP contribution in [0.5, 0.6) is 0 Å². The van der Waals surface area contributed by atoms with Crippen molar-refractivity contribution in [2.45, 2.75) is 93.4 Å². The zero-order valence-corrected chi connectivity index (χ0v) is 27.9. The molecule has 0 spiro atoms. The number of carbonyl (C=O) groups excluding carboxylic acids is 5. The fraction of sp³-hybridized carbons (Fsp3) is 0.773. The second-order valence-corrected chi connectivity index (χ2v) is 9.39. The minimum atomic E-state index is -3.17. The summed E-state index contributed by atoms with van der Waals surface area (Å²) < 4.78 is 10.5. The van der Waals surface area contributed by atoms with Crippen LogP contribution in [-0.4, -0.2) is 150 Å². The quantitative estimate of drug-likeness (QED) is 0.0550. The topological polar surface area (TPSA) is 336 Å². The summed E-state index contributed by atoms with van der Waals surface area (Å²) in [6.45, 7) is -0.523. The molecule has 0 aliphatic carbocycles. The number of carboxylic acids is 2. The molecule has 0 aromatic heterocycles. The van der Waals surface area contributed by atoms with Gasteiger partial charge in [0.25, 0.3) is 0 Å². The number of carbonyl (C=O) groups is 5. The molecule has 10 unspecified atom stereocenters. The van der Waals surface area contributed by atoms with Crippen molar-refractivity contribution >= 4 is 29.5 Å². The number of amides is 2. The largest absolute Gasteiger partial charge is 1.00 e. The molecular weight excluding hydrogens is 610 g/mol. The van der Waals surface area contributed by atoms with Gasteiger partial charge in [0, 0.05) is 26.7 Å². The van der Waals surface area contributed by atoms with Gasteiger partial charge < -0.3 is 80.8 Å². The van der Waals surface area contributed by atoms with Crippen LogP contribution in [0.15, 0.2) is 0 Å². The number of hydrogen-bond donors (Lipinski definition) is 10. The predicted octanol–water partition coefficient (Wildman–Crippen LogP) is -15.5. The summed E-state index contributed by atoms with van der Waals surface area (Å²) in [5.74, 6) is -11.0. The van der Waals surface area contributed by atoms with Gasteiger partial charge in [-0.15, -0.1) is 0 Å². The van der Waals surface area contributed by atoms with Gasteiger partial charge in [-0.3, -0.25) is 14.4 Å². The van der Waals surface area contributed by atoms with Crippen molar-refractivity contribution in [3.8, 4) is 0 Å². The Bertz CT molecular complexity index is 961. The molecule has 2 amide bonds. The van der Waals surface area contributed by atoms with E-state index in [1.807, 2.05) is 5.32 Å². The second kappa shape index (κ2) is 19.6. The maximum absolute atomic E-state index is 12.2. The number of ketones is 1. The SMILES string of the molecule is CC(=O)NC(C(O)CC(=O)C(=O)[O-])C(O)C(O)C(CO)O[C@]1(C(=O)[O-])CC(O)C(NC(C)=O)C(C(O)C(O)CO)O1.[Na+].[Na+]. The van der Waals surface area contributed by atoms with Gasteiger partial charge in [0.2, 0.25) is 17.6 Å². The van der Waals surface area contributed by atoms with E-state index < -0.39 is 122 Å². The van der Waals surface area contributed by atoms with Gasteiger partial charge >= 0.3 is 59.1 Å². The minimum Gasteiger partial charge on any atom is -0.544 e. The number of aliphatic hydroxyl groups is 8. The molecule has 0 bridgehead atoms. The third-order valence-electron chi connectivity index (χ3n) is 6.20. The first-order valence-electron chi connectivity index (χ1n) is 12.1. The Morgan fingerprint density at radius 3 is 1.91 bits per heavy atom. The van der Waals surface area contributed by atoms with Crippen molar-refractivity contribution < 1.29 is 144 Å². The van der Waals surface area contributed by atoms with Gasteiger partial charge in [0.05, 0.1) is 37.5 Å². The van der Waals surface area contributed by atoms with E-state index in [1.54, 1.807) is 0 Å². The molecular formula is C22H34N2Na2O17. The van der Waals surface area contributed by atoms with Crippen LogP contribution >= 0.6 is 0 Å². The Balaban J connectivity index is 0. The number of nitrogens with one attached hydrogen (secondary N) is 2. The Hall–Kier alpha value is -0.850. The molecule has 43 heavy (non-hydrogen) atoms. The molecule has 10 N–H and O–H groups in total. The summed E-state index contributed by atoms with van der Waals surface area (Å²) in [7, 11) is 0. The molecule has 1 aliphatic rings. The first kappa shape index (κ1) is 44.3. The standard InChI is InChI=1S/C22H36N2O17.2Na/c1-7(27)23-14(9(29)3-10(30)20(36)37)18(35)17(34)13(6-26)40-22(21(38)39)4-11(31)15(24-8(2)28)19(41-22)16(33)12(32)5-25;;/h9,11-19,25-26,29,31-35H,3-6H2,1-2H3,(H,23,27)(H,24,28)(H,36,37)(H,38,39);;/q;2*+1/p-2/t9?,11?,12?,13?,14?,15?,16?,17?,18?,19?,22-;;/m1../s1. The van der Waals surface area contributed by atoms with Crippen molar-refractivity contribution in [3.63, 3.8) is 0 Å². The van der Waals surface area contributed by atoms with Gasteiger partial charge in [-0.05, 0) is 0 Å². The van der Waals surface area contributed by atoms with E-state index >= 15 is 0 Å². The molecule has 21 heteroatoms. The van der Waals surface area contributed by atoms with E-state index in [0.29, 0.717) is 0 Å². The number of ether oxygens (including phenoxy) is 2. The zero-order chi connectivity index (χ0) is 31.8. The van der Waals surface area contributed by atoms with Crippen molar-refractivity contribution in [1.29, 1.82) is 0 Å². The van der Waals surface area contributed by atoms with E-state index in [1.165, 1.54) is 0 Å². The van der Waals surface area contributed by atoms with Gasteiger partial charge in [-0.25, -0.2) is 0 Å². The minimum absolute atomic E-state index is 0. The smallest absolute Gasteiger partial charge is 0.544 e. The first-order chi connectivity index (χ1) is 18.9. The second-order valence-electron chi connectivity index (χ2n) is 9.39. The fourth-order valence-electron chi connectivity index (χ4n) is 4.18. The molecule has 11 atom stereocenters. The Morgan fingerprint density at radius 2 is 1.49 bits per heavy atom. The number of rotatable bonds is 16. The summed E-state index contributed by atoms with van der Waals surface area (Å²) in [6, 6.07) is -3.60. The van der Waals surface area contributed by atoms with Crippen LogP contribution in [0.25, 0.3) is 0 Å². The molecule has 0 aromatic carbocycles. The molecule has 0 radical (unpaired) electrons. The molecule has 1 heterocycles. The predicted molar refractivity (Wildman–Crippen MR) is 122 cm³/mol. The summed E-state index contributed by atoms with van der Waals surface area (Å²) in [4.78, 5) is 57.6. The molecule has 1 fully saturated rings. The zero-order valence-electron chi connectivity index (χ0n) is 23.9. The van der Waals surface area contributed by atoms with E-state index in [9.17, 15) is 75.0 Å². The van der Waals surface area contributed by atoms with Crippen molar-refractivity contribution in [3.05, 3.63) is 0 Å². The third-order valence-corrected chi connectivity index (χ3v) is 6.20. The van der Waals surface area contributed by atoms with Crippen LogP contribution in [0.1, 0.15) is 26.7 Å². The van der Waals surface area contributed by atoms with Crippen molar-refractivity contribution in [2.75, 3.05) is 13.2 Å².